The van der Waals surface area contributed by atoms with Gasteiger partial charge in [-0.1, -0.05) is 6.07 Å². The lowest BCUT2D eigenvalue weighted by molar-refractivity contribution is -0.136. The van der Waals surface area contributed by atoms with E-state index in [1.165, 1.54) is 0 Å². The molecule has 0 saturated carbocycles. The summed E-state index contributed by atoms with van der Waals surface area (Å²) in [6, 6.07) is 6.75. The standard InChI is InChI=1S/C12H12N2O4/c13-6-9(14-4-3-12(15)16)8-1-2-10-11(5-8)18-7-17-10/h1-2,5,9,14H,3-4,7H2,(H,15,16). The average molecular weight is 248 g/mol. The van der Waals surface area contributed by atoms with Gasteiger partial charge in [-0.2, -0.15) is 5.26 Å². The molecular weight excluding hydrogens is 236 g/mol. The molecule has 2 N–H and O–H groups in total. The fourth-order valence-corrected chi connectivity index (χ4v) is 1.65. The minimum absolute atomic E-state index is 0.0251. The van der Waals surface area contributed by atoms with Crippen LogP contribution >= 0.6 is 0 Å². The fraction of sp³-hybridized carbons (Fsp3) is 0.333. The highest BCUT2D eigenvalue weighted by Gasteiger charge is 2.17. The van der Waals surface area contributed by atoms with Gasteiger partial charge < -0.3 is 14.6 Å². The fourth-order valence-electron chi connectivity index (χ4n) is 1.65. The van der Waals surface area contributed by atoms with Crippen molar-refractivity contribution >= 4 is 5.97 Å². The highest BCUT2D eigenvalue weighted by atomic mass is 16.7. The molecule has 1 aromatic rings. The third-order valence-corrected chi connectivity index (χ3v) is 2.55. The lowest BCUT2D eigenvalue weighted by atomic mass is 10.1. The van der Waals surface area contributed by atoms with Gasteiger partial charge in [0.2, 0.25) is 6.79 Å². The number of fused-ring (bicyclic) bond motifs is 1. The van der Waals surface area contributed by atoms with Crippen LogP contribution in [0.1, 0.15) is 18.0 Å². The quantitative estimate of drug-likeness (QED) is 0.809. The van der Waals surface area contributed by atoms with Gasteiger partial charge in [-0.15, -0.1) is 0 Å². The summed E-state index contributed by atoms with van der Waals surface area (Å²) in [4.78, 5) is 10.4. The van der Waals surface area contributed by atoms with Gasteiger partial charge in [-0.05, 0) is 17.7 Å². The first kappa shape index (κ1) is 12.2. The highest BCUT2D eigenvalue weighted by molar-refractivity contribution is 5.66. The van der Waals surface area contributed by atoms with E-state index in [1.54, 1.807) is 18.2 Å². The Labute approximate surface area is 104 Å². The smallest absolute Gasteiger partial charge is 0.304 e. The van der Waals surface area contributed by atoms with Crippen LogP contribution in [0.2, 0.25) is 0 Å². The molecule has 1 atom stereocenters. The second-order valence-corrected chi connectivity index (χ2v) is 3.77. The van der Waals surface area contributed by atoms with Gasteiger partial charge in [0.15, 0.2) is 11.5 Å². The Morgan fingerprint density at radius 1 is 1.50 bits per heavy atom. The third kappa shape index (κ3) is 2.70. The second-order valence-electron chi connectivity index (χ2n) is 3.77. The van der Waals surface area contributed by atoms with Gasteiger partial charge in [-0.25, -0.2) is 0 Å². The first-order chi connectivity index (χ1) is 8.70. The lowest BCUT2D eigenvalue weighted by Gasteiger charge is -2.11. The number of hydrogen-bond donors (Lipinski definition) is 2. The number of benzene rings is 1. The Morgan fingerprint density at radius 3 is 3.00 bits per heavy atom. The maximum absolute atomic E-state index is 10.4. The van der Waals surface area contributed by atoms with E-state index in [0.717, 1.165) is 5.56 Å². The van der Waals surface area contributed by atoms with Gasteiger partial charge >= 0.3 is 5.97 Å². The Bertz CT molecular complexity index is 495. The van der Waals surface area contributed by atoms with Crippen molar-refractivity contribution in [1.82, 2.24) is 5.32 Å². The van der Waals surface area contributed by atoms with Crippen LogP contribution in [-0.4, -0.2) is 24.4 Å². The summed E-state index contributed by atoms with van der Waals surface area (Å²) in [7, 11) is 0. The number of rotatable bonds is 5. The molecule has 6 heteroatoms. The Hall–Kier alpha value is -2.26. The highest BCUT2D eigenvalue weighted by Crippen LogP contribution is 2.34. The van der Waals surface area contributed by atoms with Crippen LogP contribution in [0.5, 0.6) is 11.5 Å². The number of carboxylic acids is 1. The maximum Gasteiger partial charge on any atom is 0.304 e. The molecule has 0 aromatic heterocycles. The lowest BCUT2D eigenvalue weighted by Crippen LogP contribution is -2.22. The van der Waals surface area contributed by atoms with Crippen LogP contribution in [-0.2, 0) is 4.79 Å². The molecule has 0 radical (unpaired) electrons. The Balaban J connectivity index is 2.04. The average Bonchev–Trinajstić information content (AvgIpc) is 2.81. The summed E-state index contributed by atoms with van der Waals surface area (Å²) in [5, 5.41) is 20.5. The summed E-state index contributed by atoms with van der Waals surface area (Å²) in [6.45, 7) is 0.421. The number of aliphatic carboxylic acids is 1. The van der Waals surface area contributed by atoms with Crippen molar-refractivity contribution in [1.29, 1.82) is 5.26 Å². The summed E-state index contributed by atoms with van der Waals surface area (Å²) in [5.74, 6) is 0.360. The van der Waals surface area contributed by atoms with E-state index in [2.05, 4.69) is 11.4 Å². The number of nitrogens with one attached hydrogen (secondary N) is 1. The molecule has 94 valence electrons. The van der Waals surface area contributed by atoms with Gasteiger partial charge in [0.05, 0.1) is 12.5 Å². The number of nitriles is 1. The molecule has 1 aromatic carbocycles. The number of carboxylic acid groups (broad SMARTS) is 1. The van der Waals surface area contributed by atoms with E-state index in [4.69, 9.17) is 19.8 Å². The van der Waals surface area contributed by atoms with E-state index < -0.39 is 12.0 Å². The van der Waals surface area contributed by atoms with E-state index in [1.807, 2.05) is 0 Å². The van der Waals surface area contributed by atoms with Crippen molar-refractivity contribution in [3.05, 3.63) is 23.8 Å². The minimum atomic E-state index is -0.898. The molecule has 1 aliphatic rings. The van der Waals surface area contributed by atoms with Crippen LogP contribution in [0.4, 0.5) is 0 Å². The molecule has 0 aliphatic carbocycles. The molecule has 1 heterocycles. The van der Waals surface area contributed by atoms with Crippen LogP contribution < -0.4 is 14.8 Å². The van der Waals surface area contributed by atoms with Crippen molar-refractivity contribution in [2.24, 2.45) is 0 Å². The Morgan fingerprint density at radius 2 is 2.28 bits per heavy atom. The molecule has 1 unspecified atom stereocenters. The third-order valence-electron chi connectivity index (χ3n) is 2.55. The largest absolute Gasteiger partial charge is 0.481 e. The van der Waals surface area contributed by atoms with Crippen LogP contribution in [0.3, 0.4) is 0 Å². The number of ether oxygens (including phenoxy) is 2. The zero-order chi connectivity index (χ0) is 13.0. The zero-order valence-electron chi connectivity index (χ0n) is 9.55. The molecule has 18 heavy (non-hydrogen) atoms. The molecule has 6 nitrogen and oxygen atoms in total. The number of nitrogens with zero attached hydrogens (tertiary/aromatic N) is 1. The molecule has 0 amide bonds. The minimum Gasteiger partial charge on any atom is -0.481 e. The summed E-state index contributed by atoms with van der Waals surface area (Å²) >= 11 is 0. The van der Waals surface area contributed by atoms with E-state index in [9.17, 15) is 4.79 Å². The van der Waals surface area contributed by atoms with E-state index in [-0.39, 0.29) is 19.8 Å². The van der Waals surface area contributed by atoms with E-state index in [0.29, 0.717) is 11.5 Å². The number of carbonyl (C=O) groups is 1. The van der Waals surface area contributed by atoms with Gasteiger partial charge in [0.25, 0.3) is 0 Å². The predicted molar refractivity (Wildman–Crippen MR) is 61.2 cm³/mol. The SMILES string of the molecule is N#CC(NCCC(=O)O)c1ccc2c(c1)OCO2. The van der Waals surface area contributed by atoms with Crippen LogP contribution in [0, 0.1) is 11.3 Å². The van der Waals surface area contributed by atoms with Crippen molar-refractivity contribution in [2.75, 3.05) is 13.3 Å². The topological polar surface area (TPSA) is 91.6 Å². The second kappa shape index (κ2) is 5.38. The molecule has 0 spiro atoms. The summed E-state index contributed by atoms with van der Waals surface area (Å²) in [5.41, 5.74) is 0.729. The molecule has 0 fully saturated rings. The molecule has 2 rings (SSSR count). The van der Waals surface area contributed by atoms with E-state index >= 15 is 0 Å². The van der Waals surface area contributed by atoms with Crippen molar-refractivity contribution in [3.63, 3.8) is 0 Å². The first-order valence-corrected chi connectivity index (χ1v) is 5.45. The summed E-state index contributed by atoms with van der Waals surface area (Å²) in [6.07, 6.45) is -0.0251. The first-order valence-electron chi connectivity index (χ1n) is 5.45. The van der Waals surface area contributed by atoms with Crippen molar-refractivity contribution < 1.29 is 19.4 Å². The van der Waals surface area contributed by atoms with Gasteiger partial charge in [0, 0.05) is 6.54 Å². The van der Waals surface area contributed by atoms with Crippen molar-refractivity contribution in [3.8, 4) is 17.6 Å². The number of hydrogen-bond acceptors (Lipinski definition) is 5. The van der Waals surface area contributed by atoms with Gasteiger partial charge in [0.1, 0.15) is 6.04 Å². The van der Waals surface area contributed by atoms with Crippen LogP contribution in [0.15, 0.2) is 18.2 Å². The van der Waals surface area contributed by atoms with Crippen LogP contribution in [0.25, 0.3) is 0 Å². The molecule has 0 saturated heterocycles. The molecule has 0 bridgehead atoms. The summed E-state index contributed by atoms with van der Waals surface area (Å²) < 4.78 is 10.4. The van der Waals surface area contributed by atoms with Gasteiger partial charge in [-0.3, -0.25) is 10.1 Å². The Kier molecular flexibility index (Phi) is 3.65. The maximum atomic E-state index is 10.4. The van der Waals surface area contributed by atoms with Crippen molar-refractivity contribution in [2.45, 2.75) is 12.5 Å². The normalized spacial score (nSPS) is 13.9. The monoisotopic (exact) mass is 248 g/mol. The molecular formula is C12H12N2O4. The predicted octanol–water partition coefficient (Wildman–Crippen LogP) is 1.04. The zero-order valence-corrected chi connectivity index (χ0v) is 9.55. The molecule has 1 aliphatic heterocycles.